The quantitative estimate of drug-likeness (QED) is 0.920. The maximum absolute atomic E-state index is 12.7. The molecule has 2 aromatic rings. The zero-order chi connectivity index (χ0) is 15.6. The maximum atomic E-state index is 12.7. The third-order valence-corrected chi connectivity index (χ3v) is 6.58. The first kappa shape index (κ1) is 16.0. The first-order valence-corrected chi connectivity index (χ1v) is 9.03. The summed E-state index contributed by atoms with van der Waals surface area (Å²) in [5, 5.41) is 0. The van der Waals surface area contributed by atoms with Gasteiger partial charge in [-0.05, 0) is 37.1 Å². The highest BCUT2D eigenvalue weighted by atomic mass is 32.2. The van der Waals surface area contributed by atoms with Crippen molar-refractivity contribution >= 4 is 27.0 Å². The molecule has 0 aliphatic carbocycles. The van der Waals surface area contributed by atoms with Gasteiger partial charge in [0, 0.05) is 23.3 Å². The Morgan fingerprint density at radius 2 is 1.86 bits per heavy atom. The largest absolute Gasteiger partial charge is 0.326 e. The summed E-state index contributed by atoms with van der Waals surface area (Å²) in [5.41, 5.74) is 7.44. The molecule has 0 spiro atoms. The topological polar surface area (TPSA) is 63.4 Å². The molecule has 0 fully saturated rings. The number of rotatable bonds is 5. The summed E-state index contributed by atoms with van der Waals surface area (Å²) in [6, 6.07) is 9.25. The van der Waals surface area contributed by atoms with Crippen molar-refractivity contribution in [1.29, 1.82) is 0 Å². The summed E-state index contributed by atoms with van der Waals surface area (Å²) in [5.74, 6) is 0. The van der Waals surface area contributed by atoms with E-state index in [1.54, 1.807) is 13.1 Å². The van der Waals surface area contributed by atoms with E-state index >= 15 is 0 Å². The SMILES string of the molecule is CCc1ccc(N(C)S(=O)(=O)c2cc(CN)sc2C)cc1. The van der Waals surface area contributed by atoms with Crippen LogP contribution in [0.15, 0.2) is 35.2 Å². The molecule has 0 saturated carbocycles. The Hall–Kier alpha value is -1.37. The van der Waals surface area contributed by atoms with Crippen molar-refractivity contribution in [3.05, 3.63) is 45.6 Å². The molecular weight excluding hydrogens is 304 g/mol. The van der Waals surface area contributed by atoms with E-state index in [1.165, 1.54) is 21.2 Å². The first-order valence-electron chi connectivity index (χ1n) is 6.77. The van der Waals surface area contributed by atoms with Crippen molar-refractivity contribution < 1.29 is 8.42 Å². The second-order valence-electron chi connectivity index (χ2n) is 4.83. The smallest absolute Gasteiger partial charge is 0.265 e. The summed E-state index contributed by atoms with van der Waals surface area (Å²) in [6.45, 7) is 4.24. The van der Waals surface area contributed by atoms with E-state index < -0.39 is 10.0 Å². The summed E-state index contributed by atoms with van der Waals surface area (Å²) >= 11 is 1.43. The maximum Gasteiger partial charge on any atom is 0.265 e. The highest BCUT2D eigenvalue weighted by Gasteiger charge is 2.25. The molecule has 1 aromatic carbocycles. The van der Waals surface area contributed by atoms with Gasteiger partial charge >= 0.3 is 0 Å². The monoisotopic (exact) mass is 324 g/mol. The van der Waals surface area contributed by atoms with Crippen LogP contribution in [0.5, 0.6) is 0 Å². The standard InChI is InChI=1S/C15H20N2O2S2/c1-4-12-5-7-13(8-6-12)17(3)21(18,19)15-9-14(10-16)20-11(15)2/h5-9H,4,10,16H2,1-3H3. The Labute approximate surface area is 130 Å². The van der Waals surface area contributed by atoms with Crippen LogP contribution in [0, 0.1) is 6.92 Å². The van der Waals surface area contributed by atoms with E-state index in [4.69, 9.17) is 5.73 Å². The van der Waals surface area contributed by atoms with Crippen LogP contribution in [0.2, 0.25) is 0 Å². The van der Waals surface area contributed by atoms with Crippen LogP contribution < -0.4 is 10.0 Å². The van der Waals surface area contributed by atoms with Crippen molar-refractivity contribution in [2.24, 2.45) is 5.73 Å². The number of benzene rings is 1. The lowest BCUT2D eigenvalue weighted by Gasteiger charge is -2.19. The van der Waals surface area contributed by atoms with Crippen molar-refractivity contribution in [1.82, 2.24) is 0 Å². The van der Waals surface area contributed by atoms with Crippen LogP contribution in [0.25, 0.3) is 0 Å². The average molecular weight is 324 g/mol. The number of nitrogens with two attached hydrogens (primary N) is 1. The molecule has 0 aliphatic heterocycles. The molecule has 0 unspecified atom stereocenters. The number of sulfonamides is 1. The molecular formula is C15H20N2O2S2. The molecule has 1 heterocycles. The summed E-state index contributed by atoms with van der Waals surface area (Å²) in [6.07, 6.45) is 0.931. The van der Waals surface area contributed by atoms with E-state index in [9.17, 15) is 8.42 Å². The normalized spacial score (nSPS) is 11.6. The fraction of sp³-hybridized carbons (Fsp3) is 0.333. The summed E-state index contributed by atoms with van der Waals surface area (Å²) < 4.78 is 26.8. The van der Waals surface area contributed by atoms with Gasteiger partial charge in [0.2, 0.25) is 0 Å². The van der Waals surface area contributed by atoms with Crippen molar-refractivity contribution in [2.45, 2.75) is 31.7 Å². The second-order valence-corrected chi connectivity index (χ2v) is 8.11. The van der Waals surface area contributed by atoms with E-state index in [-0.39, 0.29) is 0 Å². The molecule has 0 saturated heterocycles. The molecule has 4 nitrogen and oxygen atoms in total. The molecule has 2 rings (SSSR count). The molecule has 6 heteroatoms. The minimum Gasteiger partial charge on any atom is -0.326 e. The van der Waals surface area contributed by atoms with Gasteiger partial charge in [0.25, 0.3) is 10.0 Å². The number of nitrogens with zero attached hydrogens (tertiary/aromatic N) is 1. The fourth-order valence-corrected chi connectivity index (χ4v) is 4.79. The first-order chi connectivity index (χ1) is 9.90. The number of hydrogen-bond acceptors (Lipinski definition) is 4. The second kappa shape index (κ2) is 6.17. The Bertz CT molecular complexity index is 719. The predicted molar refractivity (Wildman–Crippen MR) is 88.4 cm³/mol. The number of thiophene rings is 1. The van der Waals surface area contributed by atoms with E-state index in [1.807, 2.05) is 31.2 Å². The minimum absolute atomic E-state index is 0.343. The summed E-state index contributed by atoms with van der Waals surface area (Å²) in [4.78, 5) is 1.99. The van der Waals surface area contributed by atoms with Crippen LogP contribution in [-0.2, 0) is 23.0 Å². The van der Waals surface area contributed by atoms with Gasteiger partial charge in [0.15, 0.2) is 0 Å². The minimum atomic E-state index is -3.54. The zero-order valence-electron chi connectivity index (χ0n) is 12.5. The van der Waals surface area contributed by atoms with Crippen LogP contribution in [0.3, 0.4) is 0 Å². The van der Waals surface area contributed by atoms with Gasteiger partial charge in [-0.25, -0.2) is 8.42 Å². The third kappa shape index (κ3) is 3.12. The van der Waals surface area contributed by atoms with Crippen LogP contribution >= 0.6 is 11.3 Å². The molecule has 114 valence electrons. The molecule has 0 bridgehead atoms. The lowest BCUT2D eigenvalue weighted by molar-refractivity contribution is 0.594. The zero-order valence-corrected chi connectivity index (χ0v) is 14.1. The van der Waals surface area contributed by atoms with Crippen molar-refractivity contribution in [3.8, 4) is 0 Å². The summed E-state index contributed by atoms with van der Waals surface area (Å²) in [7, 11) is -1.96. The van der Waals surface area contributed by atoms with Gasteiger partial charge in [-0.3, -0.25) is 4.31 Å². The Kier molecular flexibility index (Phi) is 4.70. The number of hydrogen-bond donors (Lipinski definition) is 1. The van der Waals surface area contributed by atoms with Crippen LogP contribution in [-0.4, -0.2) is 15.5 Å². The van der Waals surface area contributed by atoms with Crippen molar-refractivity contribution in [2.75, 3.05) is 11.4 Å². The Morgan fingerprint density at radius 3 is 2.33 bits per heavy atom. The highest BCUT2D eigenvalue weighted by molar-refractivity contribution is 7.93. The molecule has 21 heavy (non-hydrogen) atoms. The van der Waals surface area contributed by atoms with E-state index in [0.717, 1.165) is 16.2 Å². The van der Waals surface area contributed by atoms with Crippen LogP contribution in [0.4, 0.5) is 5.69 Å². The molecule has 1 aromatic heterocycles. The van der Waals surface area contributed by atoms with E-state index in [2.05, 4.69) is 6.92 Å². The van der Waals surface area contributed by atoms with Gasteiger partial charge in [-0.2, -0.15) is 0 Å². The Balaban J connectivity index is 2.39. The Morgan fingerprint density at radius 1 is 1.24 bits per heavy atom. The fourth-order valence-electron chi connectivity index (χ4n) is 2.11. The van der Waals surface area contributed by atoms with Gasteiger partial charge in [-0.1, -0.05) is 19.1 Å². The van der Waals surface area contributed by atoms with Gasteiger partial charge < -0.3 is 5.73 Å². The van der Waals surface area contributed by atoms with Crippen molar-refractivity contribution in [3.63, 3.8) is 0 Å². The molecule has 0 radical (unpaired) electrons. The molecule has 0 atom stereocenters. The molecule has 0 aliphatic rings. The lowest BCUT2D eigenvalue weighted by Crippen LogP contribution is -2.26. The lowest BCUT2D eigenvalue weighted by atomic mass is 10.1. The highest BCUT2D eigenvalue weighted by Crippen LogP contribution is 2.30. The third-order valence-electron chi connectivity index (χ3n) is 3.47. The molecule has 0 amide bonds. The van der Waals surface area contributed by atoms with Crippen LogP contribution in [0.1, 0.15) is 22.2 Å². The van der Waals surface area contributed by atoms with Gasteiger partial charge in [0.1, 0.15) is 4.90 Å². The number of aryl methyl sites for hydroxylation is 2. The van der Waals surface area contributed by atoms with E-state index in [0.29, 0.717) is 17.1 Å². The van der Waals surface area contributed by atoms with Gasteiger partial charge in [-0.15, -0.1) is 11.3 Å². The predicted octanol–water partition coefficient (Wildman–Crippen LogP) is 2.90. The average Bonchev–Trinajstić information content (AvgIpc) is 2.88. The molecule has 2 N–H and O–H groups in total. The van der Waals surface area contributed by atoms with Gasteiger partial charge in [0.05, 0.1) is 5.69 Å². The number of anilines is 1.